The van der Waals surface area contributed by atoms with Crippen molar-refractivity contribution in [1.29, 1.82) is 0 Å². The molecule has 1 heterocycles. The van der Waals surface area contributed by atoms with Crippen LogP contribution in [0.4, 0.5) is 0 Å². The van der Waals surface area contributed by atoms with E-state index in [4.69, 9.17) is 0 Å². The van der Waals surface area contributed by atoms with Crippen LogP contribution in [0.15, 0.2) is 41.4 Å². The van der Waals surface area contributed by atoms with Gasteiger partial charge >= 0.3 is 0 Å². The number of hydrogen-bond donors (Lipinski definition) is 0. The van der Waals surface area contributed by atoms with Gasteiger partial charge in [0.25, 0.3) is 0 Å². The van der Waals surface area contributed by atoms with Crippen LogP contribution in [0.2, 0.25) is 0 Å². The highest BCUT2D eigenvalue weighted by Crippen LogP contribution is 2.18. The standard InChI is InChI=1S/C14H17NO2S/c1-2-3-6-9-18(16,17)13-10-12-7-4-5-8-14(12)15-11-13/h4-5,7-8,10-11H,2-3,6,9H2,1H3. The number of nitrogens with zero attached hydrogens (tertiary/aromatic N) is 1. The zero-order valence-corrected chi connectivity index (χ0v) is 11.3. The first-order chi connectivity index (χ1) is 8.63. The SMILES string of the molecule is CCCCCS(=O)(=O)c1cnc2ccccc2c1. The van der Waals surface area contributed by atoms with E-state index in [1.54, 1.807) is 6.07 Å². The Morgan fingerprint density at radius 1 is 1.17 bits per heavy atom. The van der Waals surface area contributed by atoms with Crippen LogP contribution < -0.4 is 0 Å². The fourth-order valence-corrected chi connectivity index (χ4v) is 3.22. The molecule has 0 aliphatic heterocycles. The van der Waals surface area contributed by atoms with Crippen LogP contribution in [0.25, 0.3) is 10.9 Å². The molecule has 2 aromatic rings. The lowest BCUT2D eigenvalue weighted by Crippen LogP contribution is -2.07. The van der Waals surface area contributed by atoms with E-state index in [-0.39, 0.29) is 5.75 Å². The molecule has 0 atom stereocenters. The van der Waals surface area contributed by atoms with E-state index in [1.165, 1.54) is 6.20 Å². The number of benzene rings is 1. The Labute approximate surface area is 108 Å². The highest BCUT2D eigenvalue weighted by molar-refractivity contribution is 7.91. The summed E-state index contributed by atoms with van der Waals surface area (Å²) in [5.74, 6) is 0.209. The van der Waals surface area contributed by atoms with Crippen LogP contribution in [-0.2, 0) is 9.84 Å². The number of hydrogen-bond acceptors (Lipinski definition) is 3. The van der Waals surface area contributed by atoms with Gasteiger partial charge in [-0.25, -0.2) is 8.42 Å². The second kappa shape index (κ2) is 5.48. The first-order valence-corrected chi connectivity index (χ1v) is 7.86. The van der Waals surface area contributed by atoms with Crippen molar-refractivity contribution in [2.75, 3.05) is 5.75 Å². The summed E-state index contributed by atoms with van der Waals surface area (Å²) in [5.41, 5.74) is 0.824. The van der Waals surface area contributed by atoms with Crippen molar-refractivity contribution in [3.63, 3.8) is 0 Å². The third kappa shape index (κ3) is 2.88. The maximum absolute atomic E-state index is 12.1. The number of fused-ring (bicyclic) bond motifs is 1. The second-order valence-electron chi connectivity index (χ2n) is 4.39. The molecule has 3 nitrogen and oxygen atoms in total. The van der Waals surface area contributed by atoms with Gasteiger partial charge in [0, 0.05) is 11.6 Å². The highest BCUT2D eigenvalue weighted by Gasteiger charge is 2.14. The van der Waals surface area contributed by atoms with Crippen molar-refractivity contribution in [3.05, 3.63) is 36.5 Å². The van der Waals surface area contributed by atoms with E-state index in [0.717, 1.165) is 23.7 Å². The Bertz CT molecular complexity index is 635. The van der Waals surface area contributed by atoms with E-state index >= 15 is 0 Å². The monoisotopic (exact) mass is 263 g/mol. The molecule has 0 fully saturated rings. The highest BCUT2D eigenvalue weighted by atomic mass is 32.2. The van der Waals surface area contributed by atoms with Gasteiger partial charge in [-0.1, -0.05) is 38.0 Å². The largest absolute Gasteiger partial charge is 0.255 e. The molecule has 18 heavy (non-hydrogen) atoms. The Hall–Kier alpha value is -1.42. The molecule has 1 aromatic heterocycles. The molecule has 0 bridgehead atoms. The Morgan fingerprint density at radius 3 is 2.72 bits per heavy atom. The molecule has 0 saturated carbocycles. The predicted molar refractivity (Wildman–Crippen MR) is 73.3 cm³/mol. The molecule has 0 saturated heterocycles. The van der Waals surface area contributed by atoms with Gasteiger partial charge < -0.3 is 0 Å². The normalized spacial score (nSPS) is 11.8. The molecule has 96 valence electrons. The minimum absolute atomic E-state index is 0.209. The molecule has 0 unspecified atom stereocenters. The number of rotatable bonds is 5. The van der Waals surface area contributed by atoms with Crippen molar-refractivity contribution >= 4 is 20.7 Å². The minimum atomic E-state index is -3.19. The second-order valence-corrected chi connectivity index (χ2v) is 6.50. The smallest absolute Gasteiger partial charge is 0.179 e. The Kier molecular flexibility index (Phi) is 3.97. The molecule has 4 heteroatoms. The average molecular weight is 263 g/mol. The molecule has 0 radical (unpaired) electrons. The maximum Gasteiger partial charge on any atom is 0.179 e. The third-order valence-corrected chi connectivity index (χ3v) is 4.71. The topological polar surface area (TPSA) is 47.0 Å². The molecule has 0 spiro atoms. The predicted octanol–water partition coefficient (Wildman–Crippen LogP) is 3.20. The van der Waals surface area contributed by atoms with Gasteiger partial charge in [-0.3, -0.25) is 4.98 Å². The van der Waals surface area contributed by atoms with Crippen LogP contribution in [0.3, 0.4) is 0 Å². The number of sulfone groups is 1. The Balaban J connectivity index is 2.30. The summed E-state index contributed by atoms with van der Waals surface area (Å²) >= 11 is 0. The van der Waals surface area contributed by atoms with Gasteiger partial charge in [0.15, 0.2) is 9.84 Å². The summed E-state index contributed by atoms with van der Waals surface area (Å²) in [7, 11) is -3.19. The Morgan fingerprint density at radius 2 is 1.94 bits per heavy atom. The van der Waals surface area contributed by atoms with Crippen LogP contribution in [0.1, 0.15) is 26.2 Å². The van der Waals surface area contributed by atoms with Crippen molar-refractivity contribution in [3.8, 4) is 0 Å². The van der Waals surface area contributed by atoms with Crippen LogP contribution in [-0.4, -0.2) is 19.2 Å². The van der Waals surface area contributed by atoms with Crippen LogP contribution in [0, 0.1) is 0 Å². The van der Waals surface area contributed by atoms with Gasteiger partial charge in [-0.2, -0.15) is 0 Å². The van der Waals surface area contributed by atoms with E-state index in [1.807, 2.05) is 24.3 Å². The summed E-state index contributed by atoms with van der Waals surface area (Å²) in [4.78, 5) is 4.53. The molecule has 0 aliphatic rings. The van der Waals surface area contributed by atoms with Crippen molar-refractivity contribution in [2.24, 2.45) is 0 Å². The summed E-state index contributed by atoms with van der Waals surface area (Å²) < 4.78 is 24.2. The fourth-order valence-electron chi connectivity index (χ4n) is 1.88. The van der Waals surface area contributed by atoms with Crippen molar-refractivity contribution in [2.45, 2.75) is 31.1 Å². The average Bonchev–Trinajstić information content (AvgIpc) is 2.38. The van der Waals surface area contributed by atoms with Gasteiger partial charge in [-0.15, -0.1) is 0 Å². The third-order valence-electron chi connectivity index (χ3n) is 2.94. The lowest BCUT2D eigenvalue weighted by molar-refractivity contribution is 0.590. The number of aromatic nitrogens is 1. The quantitative estimate of drug-likeness (QED) is 0.778. The molecule has 0 N–H and O–H groups in total. The van der Waals surface area contributed by atoms with Gasteiger partial charge in [-0.05, 0) is 18.6 Å². The minimum Gasteiger partial charge on any atom is -0.255 e. The molecule has 0 amide bonds. The zero-order chi connectivity index (χ0) is 13.0. The summed E-state index contributed by atoms with van der Waals surface area (Å²) in [6, 6.07) is 9.25. The number of unbranched alkanes of at least 4 members (excludes halogenated alkanes) is 2. The lowest BCUT2D eigenvalue weighted by Gasteiger charge is -2.05. The van der Waals surface area contributed by atoms with E-state index in [9.17, 15) is 8.42 Å². The van der Waals surface area contributed by atoms with Gasteiger partial charge in [0.2, 0.25) is 0 Å². The van der Waals surface area contributed by atoms with Crippen LogP contribution in [0.5, 0.6) is 0 Å². The maximum atomic E-state index is 12.1. The molecular weight excluding hydrogens is 246 g/mol. The zero-order valence-electron chi connectivity index (χ0n) is 10.5. The first-order valence-electron chi connectivity index (χ1n) is 6.21. The summed E-state index contributed by atoms with van der Waals surface area (Å²) in [5, 5.41) is 0.870. The number of pyridine rings is 1. The fraction of sp³-hybridized carbons (Fsp3) is 0.357. The van der Waals surface area contributed by atoms with Gasteiger partial charge in [0.05, 0.1) is 16.2 Å². The van der Waals surface area contributed by atoms with Crippen molar-refractivity contribution in [1.82, 2.24) is 4.98 Å². The molecule has 0 aliphatic carbocycles. The van der Waals surface area contributed by atoms with Gasteiger partial charge in [0.1, 0.15) is 0 Å². The van der Waals surface area contributed by atoms with E-state index < -0.39 is 9.84 Å². The van der Waals surface area contributed by atoms with E-state index in [0.29, 0.717) is 11.3 Å². The van der Waals surface area contributed by atoms with Crippen LogP contribution >= 0.6 is 0 Å². The first kappa shape index (κ1) is 13.0. The molecule has 2 rings (SSSR count). The van der Waals surface area contributed by atoms with Crippen molar-refractivity contribution < 1.29 is 8.42 Å². The summed E-state index contributed by atoms with van der Waals surface area (Å²) in [6.07, 6.45) is 4.14. The molecule has 1 aromatic carbocycles. The molecular formula is C14H17NO2S. The summed E-state index contributed by atoms with van der Waals surface area (Å²) in [6.45, 7) is 2.06. The lowest BCUT2D eigenvalue weighted by atomic mass is 10.2. The van der Waals surface area contributed by atoms with E-state index in [2.05, 4.69) is 11.9 Å². The number of para-hydroxylation sites is 1.